The molecule has 1 heteroatoms. The van der Waals surface area contributed by atoms with E-state index in [9.17, 15) is 0 Å². The Morgan fingerprint density at radius 1 is 1.17 bits per heavy atom. The lowest BCUT2D eigenvalue weighted by Crippen LogP contribution is -2.59. The van der Waals surface area contributed by atoms with Crippen molar-refractivity contribution in [2.24, 2.45) is 16.7 Å². The summed E-state index contributed by atoms with van der Waals surface area (Å²) >= 11 is 0. The minimum atomic E-state index is -0.0415. The van der Waals surface area contributed by atoms with E-state index in [0.29, 0.717) is 12.0 Å². The van der Waals surface area contributed by atoms with E-state index in [1.807, 2.05) is 6.08 Å². The zero-order valence-electron chi connectivity index (χ0n) is 13.5. The predicted octanol–water partition coefficient (Wildman–Crippen LogP) is 5.21. The van der Waals surface area contributed by atoms with Gasteiger partial charge in [0.05, 0.1) is 11.7 Å². The van der Waals surface area contributed by atoms with Crippen LogP contribution in [0.4, 0.5) is 0 Å². The number of hydrogen-bond donors (Lipinski definition) is 0. The smallest absolute Gasteiger partial charge is 0.0782 e. The van der Waals surface area contributed by atoms with Crippen molar-refractivity contribution in [1.29, 1.82) is 0 Å². The fraction of sp³-hybridized carbons (Fsp3) is 0.882. The third-order valence-electron chi connectivity index (χ3n) is 4.75. The maximum Gasteiger partial charge on any atom is 0.0782 e. The lowest BCUT2D eigenvalue weighted by molar-refractivity contribution is -0.239. The SMILES string of the molecule is C=C[C@H](C)[C@@H]1CCCC(C(C)(C)C)(C(C)(C)C)O1. The van der Waals surface area contributed by atoms with Crippen LogP contribution in [0.1, 0.15) is 67.7 Å². The van der Waals surface area contributed by atoms with Crippen LogP contribution < -0.4 is 0 Å². The minimum Gasteiger partial charge on any atom is -0.370 e. The fourth-order valence-corrected chi connectivity index (χ4v) is 3.68. The molecule has 0 aromatic carbocycles. The van der Waals surface area contributed by atoms with Gasteiger partial charge < -0.3 is 4.74 Å². The highest BCUT2D eigenvalue weighted by molar-refractivity contribution is 5.04. The summed E-state index contributed by atoms with van der Waals surface area (Å²) in [5.41, 5.74) is 0.274. The molecule has 0 spiro atoms. The molecule has 1 aliphatic rings. The molecule has 1 heterocycles. The van der Waals surface area contributed by atoms with Crippen molar-refractivity contribution in [3.63, 3.8) is 0 Å². The Balaban J connectivity index is 3.09. The first-order valence-corrected chi connectivity index (χ1v) is 7.35. The van der Waals surface area contributed by atoms with Crippen molar-refractivity contribution in [3.05, 3.63) is 12.7 Å². The lowest BCUT2D eigenvalue weighted by Gasteiger charge is -2.57. The molecular formula is C17H32O. The van der Waals surface area contributed by atoms with Crippen LogP contribution in [0, 0.1) is 16.7 Å². The topological polar surface area (TPSA) is 9.23 Å². The molecule has 2 atom stereocenters. The van der Waals surface area contributed by atoms with Gasteiger partial charge in [-0.1, -0.05) is 54.5 Å². The second-order valence-electron chi connectivity index (χ2n) is 7.97. The summed E-state index contributed by atoms with van der Waals surface area (Å²) in [7, 11) is 0. The van der Waals surface area contributed by atoms with Crippen LogP contribution in [-0.4, -0.2) is 11.7 Å². The molecule has 1 saturated heterocycles. The summed E-state index contributed by atoms with van der Waals surface area (Å²) in [6.07, 6.45) is 5.96. The Bertz CT molecular complexity index is 276. The molecule has 0 amide bonds. The Morgan fingerprint density at radius 2 is 1.67 bits per heavy atom. The zero-order chi connectivity index (χ0) is 14.2. The van der Waals surface area contributed by atoms with Gasteiger partial charge in [-0.2, -0.15) is 0 Å². The van der Waals surface area contributed by atoms with E-state index in [1.165, 1.54) is 19.3 Å². The van der Waals surface area contributed by atoms with Crippen molar-refractivity contribution in [3.8, 4) is 0 Å². The monoisotopic (exact) mass is 252 g/mol. The van der Waals surface area contributed by atoms with Crippen molar-refractivity contribution in [2.45, 2.75) is 79.4 Å². The molecule has 0 unspecified atom stereocenters. The van der Waals surface area contributed by atoms with Crippen LogP contribution >= 0.6 is 0 Å². The average molecular weight is 252 g/mol. The third-order valence-corrected chi connectivity index (χ3v) is 4.75. The normalized spacial score (nSPS) is 26.7. The Morgan fingerprint density at radius 3 is 2.06 bits per heavy atom. The predicted molar refractivity (Wildman–Crippen MR) is 79.7 cm³/mol. The van der Waals surface area contributed by atoms with E-state index in [2.05, 4.69) is 55.0 Å². The number of ether oxygens (including phenoxy) is 1. The summed E-state index contributed by atoms with van der Waals surface area (Å²) in [6, 6.07) is 0. The van der Waals surface area contributed by atoms with Crippen LogP contribution in [0.15, 0.2) is 12.7 Å². The standard InChI is InChI=1S/C17H32O/c1-9-13(2)14-11-10-12-17(18-14,15(3,4)5)16(6,7)8/h9,13-14H,1,10-12H2,2-8H3/t13-,14-/m0/s1. The molecule has 0 aromatic heterocycles. The summed E-state index contributed by atoms with van der Waals surface area (Å²) < 4.78 is 6.68. The van der Waals surface area contributed by atoms with Gasteiger partial charge in [-0.3, -0.25) is 0 Å². The Labute approximate surface area is 114 Å². The average Bonchev–Trinajstić information content (AvgIpc) is 2.25. The van der Waals surface area contributed by atoms with Crippen LogP contribution in [0.25, 0.3) is 0 Å². The largest absolute Gasteiger partial charge is 0.370 e. The second-order valence-corrected chi connectivity index (χ2v) is 7.97. The quantitative estimate of drug-likeness (QED) is 0.613. The van der Waals surface area contributed by atoms with Gasteiger partial charge in [-0.05, 0) is 36.0 Å². The van der Waals surface area contributed by atoms with Crippen molar-refractivity contribution >= 4 is 0 Å². The van der Waals surface area contributed by atoms with Crippen molar-refractivity contribution < 1.29 is 4.74 Å². The van der Waals surface area contributed by atoms with Crippen LogP contribution in [0.2, 0.25) is 0 Å². The molecule has 0 bridgehead atoms. The van der Waals surface area contributed by atoms with E-state index in [1.54, 1.807) is 0 Å². The molecule has 0 aliphatic carbocycles. The van der Waals surface area contributed by atoms with Crippen molar-refractivity contribution in [1.82, 2.24) is 0 Å². The first kappa shape index (κ1) is 15.8. The van der Waals surface area contributed by atoms with Gasteiger partial charge in [-0.15, -0.1) is 6.58 Å². The maximum atomic E-state index is 6.68. The Hall–Kier alpha value is -0.300. The molecular weight excluding hydrogens is 220 g/mol. The molecule has 0 saturated carbocycles. The second kappa shape index (κ2) is 5.00. The molecule has 0 radical (unpaired) electrons. The molecule has 0 N–H and O–H groups in total. The summed E-state index contributed by atoms with van der Waals surface area (Å²) in [6.45, 7) is 20.1. The van der Waals surface area contributed by atoms with Gasteiger partial charge in [0, 0.05) is 0 Å². The third kappa shape index (κ3) is 2.66. The van der Waals surface area contributed by atoms with Gasteiger partial charge in [0.15, 0.2) is 0 Å². The summed E-state index contributed by atoms with van der Waals surface area (Å²) in [4.78, 5) is 0. The van der Waals surface area contributed by atoms with Gasteiger partial charge >= 0.3 is 0 Å². The molecule has 106 valence electrons. The van der Waals surface area contributed by atoms with Gasteiger partial charge in [0.1, 0.15) is 0 Å². The highest BCUT2D eigenvalue weighted by Gasteiger charge is 2.54. The fourth-order valence-electron chi connectivity index (χ4n) is 3.68. The molecule has 1 nitrogen and oxygen atoms in total. The van der Waals surface area contributed by atoms with Crippen LogP contribution in [0.3, 0.4) is 0 Å². The van der Waals surface area contributed by atoms with Gasteiger partial charge in [0.25, 0.3) is 0 Å². The van der Waals surface area contributed by atoms with Gasteiger partial charge in [-0.25, -0.2) is 0 Å². The van der Waals surface area contributed by atoms with E-state index >= 15 is 0 Å². The summed E-state index contributed by atoms with van der Waals surface area (Å²) in [5.74, 6) is 0.439. The molecule has 1 fully saturated rings. The summed E-state index contributed by atoms with van der Waals surface area (Å²) in [5, 5.41) is 0. The first-order chi connectivity index (χ1) is 8.05. The highest BCUT2D eigenvalue weighted by Crippen LogP contribution is 2.53. The highest BCUT2D eigenvalue weighted by atomic mass is 16.5. The van der Waals surface area contributed by atoms with E-state index < -0.39 is 0 Å². The van der Waals surface area contributed by atoms with Crippen LogP contribution in [0.5, 0.6) is 0 Å². The number of rotatable bonds is 2. The van der Waals surface area contributed by atoms with Crippen LogP contribution in [-0.2, 0) is 4.74 Å². The molecule has 18 heavy (non-hydrogen) atoms. The van der Waals surface area contributed by atoms with Crippen molar-refractivity contribution in [2.75, 3.05) is 0 Å². The van der Waals surface area contributed by atoms with Gasteiger partial charge in [0.2, 0.25) is 0 Å². The first-order valence-electron chi connectivity index (χ1n) is 7.35. The molecule has 1 rings (SSSR count). The minimum absolute atomic E-state index is 0.0415. The maximum absolute atomic E-state index is 6.68. The van der Waals surface area contributed by atoms with E-state index in [4.69, 9.17) is 4.74 Å². The van der Waals surface area contributed by atoms with E-state index in [-0.39, 0.29) is 16.4 Å². The zero-order valence-corrected chi connectivity index (χ0v) is 13.5. The molecule has 1 aliphatic heterocycles. The lowest BCUT2D eigenvalue weighted by atomic mass is 9.59. The molecule has 0 aromatic rings. The van der Waals surface area contributed by atoms with E-state index in [0.717, 1.165) is 0 Å². The number of hydrogen-bond acceptors (Lipinski definition) is 1. The Kier molecular flexibility index (Phi) is 4.37.